The average molecular weight is 734 g/mol. The van der Waals surface area contributed by atoms with Crippen LogP contribution in [0.5, 0.6) is 0 Å². The molecule has 3 atom stereocenters. The Balaban J connectivity index is 4.32. The van der Waals surface area contributed by atoms with Crippen LogP contribution >= 0.6 is 8.60 Å². The summed E-state index contributed by atoms with van der Waals surface area (Å²) in [6.45, 7) is 3.95. The second-order valence-corrected chi connectivity index (χ2v) is 16.2. The van der Waals surface area contributed by atoms with Crippen molar-refractivity contribution in [3.63, 3.8) is 0 Å². The van der Waals surface area contributed by atoms with E-state index >= 15 is 0 Å². The highest BCUT2D eigenvalue weighted by Crippen LogP contribution is 2.33. The highest BCUT2D eigenvalue weighted by Gasteiger charge is 2.21. The Morgan fingerprint density at radius 1 is 0.540 bits per heavy atom. The molecule has 9 nitrogen and oxygen atoms in total. The van der Waals surface area contributed by atoms with Gasteiger partial charge in [0.1, 0.15) is 6.61 Å². The smallest absolute Gasteiger partial charge is 0.330 e. The van der Waals surface area contributed by atoms with Gasteiger partial charge in [0.05, 0.1) is 34.4 Å². The summed E-state index contributed by atoms with van der Waals surface area (Å²) in [5.74, 6) is -0.702. The van der Waals surface area contributed by atoms with Crippen LogP contribution in [0.3, 0.4) is 0 Å². The third-order valence-electron chi connectivity index (χ3n) is 9.26. The summed E-state index contributed by atoms with van der Waals surface area (Å²) in [5, 5.41) is 12.2. The lowest BCUT2D eigenvalue weighted by Crippen LogP contribution is -2.55. The Morgan fingerprint density at radius 2 is 0.880 bits per heavy atom. The predicted molar refractivity (Wildman–Crippen MR) is 204 cm³/mol. The van der Waals surface area contributed by atoms with Crippen molar-refractivity contribution in [3.8, 4) is 0 Å². The van der Waals surface area contributed by atoms with Crippen LogP contribution < -0.4 is 5.11 Å². The molecule has 0 aliphatic carbocycles. The van der Waals surface area contributed by atoms with Gasteiger partial charge in [0.2, 0.25) is 0 Å². The van der Waals surface area contributed by atoms with Crippen molar-refractivity contribution >= 4 is 20.5 Å². The maximum atomic E-state index is 12.6. The van der Waals surface area contributed by atoms with E-state index in [1.165, 1.54) is 128 Å². The highest BCUT2D eigenvalue weighted by atomic mass is 31.2. The number of likely N-dealkylation sites (N-methyl/N-ethyl adjacent to an activating group) is 1. The van der Waals surface area contributed by atoms with E-state index in [2.05, 4.69) is 13.8 Å². The third-order valence-corrected chi connectivity index (χ3v) is 10.00. The van der Waals surface area contributed by atoms with Gasteiger partial charge in [0.25, 0.3) is 0 Å². The largest absolute Gasteiger partial charge is 0.804 e. The van der Waals surface area contributed by atoms with E-state index in [9.17, 15) is 19.6 Å². The molecule has 0 fully saturated rings. The van der Waals surface area contributed by atoms with Crippen molar-refractivity contribution in [2.45, 2.75) is 206 Å². The molecule has 0 aromatic rings. The first kappa shape index (κ1) is 49.2. The first-order valence-electron chi connectivity index (χ1n) is 20.7. The summed E-state index contributed by atoms with van der Waals surface area (Å²) in [4.78, 5) is 35.2. The van der Waals surface area contributed by atoms with E-state index < -0.39 is 20.9 Å². The number of nitrogens with zero attached hydrogens (tertiary/aromatic N) is 1. The molecule has 0 radical (unpaired) electrons. The molecule has 0 heterocycles. The first-order valence-corrected chi connectivity index (χ1v) is 21.8. The van der Waals surface area contributed by atoms with E-state index in [1.807, 2.05) is 0 Å². The molecule has 0 bridgehead atoms. The second-order valence-electron chi connectivity index (χ2n) is 15.2. The molecule has 0 spiro atoms. The van der Waals surface area contributed by atoms with E-state index in [1.54, 1.807) is 21.1 Å². The molecule has 0 aromatic heterocycles. The minimum atomic E-state index is -2.34. The van der Waals surface area contributed by atoms with Crippen LogP contribution in [-0.4, -0.2) is 74.6 Å². The second kappa shape index (κ2) is 35.2. The topological polar surface area (TPSA) is 114 Å². The molecule has 0 aromatic carbocycles. The molecule has 10 heteroatoms. The summed E-state index contributed by atoms with van der Waals surface area (Å²) in [5.41, 5.74) is 0. The van der Waals surface area contributed by atoms with Crippen molar-refractivity contribution < 1.29 is 42.6 Å². The molecule has 0 saturated carbocycles. The molecule has 0 aliphatic heterocycles. The van der Waals surface area contributed by atoms with Crippen LogP contribution in [0.1, 0.15) is 194 Å². The standard InChI is InChI=1S/C40H80NO8P/c1-6-8-10-12-14-16-18-20-22-24-26-28-30-32-39(43)46-34-37(35-47-50(45)48-36-38(42)41(3,4)5)49-40(44)33-31-29-27-25-23-21-19-17-15-13-11-9-7-2/h37-38,45H,6-36H2,1-5H3. The third kappa shape index (κ3) is 34.3. The number of ether oxygens (including phenoxy) is 2. The number of hydrogen-bond acceptors (Lipinski definition) is 8. The Hall–Kier alpha value is -0.830. The average Bonchev–Trinajstić information content (AvgIpc) is 3.08. The SMILES string of the molecule is CCCCCCCCCCCCCCCC(=O)OCC(COP(O)OCC([O-])[N+](C)(C)C)OC(=O)CCCCCCCCCCCCCCC. The lowest BCUT2D eigenvalue weighted by molar-refractivity contribution is -0.969. The molecular formula is C40H80NO8P. The van der Waals surface area contributed by atoms with Gasteiger partial charge in [0, 0.05) is 19.1 Å². The van der Waals surface area contributed by atoms with Gasteiger partial charge < -0.3 is 33.0 Å². The van der Waals surface area contributed by atoms with Crippen molar-refractivity contribution in [1.82, 2.24) is 0 Å². The zero-order valence-electron chi connectivity index (χ0n) is 33.3. The van der Waals surface area contributed by atoms with Gasteiger partial charge in [-0.05, 0) is 12.8 Å². The van der Waals surface area contributed by atoms with E-state index in [0.717, 1.165) is 38.5 Å². The minimum absolute atomic E-state index is 0.137. The molecule has 1 N–H and O–H groups in total. The monoisotopic (exact) mass is 734 g/mol. The first-order chi connectivity index (χ1) is 24.1. The van der Waals surface area contributed by atoms with Gasteiger partial charge >= 0.3 is 20.5 Å². The van der Waals surface area contributed by atoms with Gasteiger partial charge in [-0.2, -0.15) is 0 Å². The van der Waals surface area contributed by atoms with E-state index in [0.29, 0.717) is 6.42 Å². The van der Waals surface area contributed by atoms with Crippen molar-refractivity contribution in [1.29, 1.82) is 0 Å². The van der Waals surface area contributed by atoms with Gasteiger partial charge in [-0.1, -0.05) is 168 Å². The molecular weight excluding hydrogens is 653 g/mol. The maximum Gasteiger partial charge on any atom is 0.330 e. The zero-order valence-corrected chi connectivity index (χ0v) is 34.2. The molecule has 3 unspecified atom stereocenters. The van der Waals surface area contributed by atoms with Gasteiger partial charge in [0.15, 0.2) is 6.10 Å². The minimum Gasteiger partial charge on any atom is -0.804 e. The van der Waals surface area contributed by atoms with Crippen LogP contribution in [0.2, 0.25) is 0 Å². The number of carbonyl (C=O) groups excluding carboxylic acids is 2. The molecule has 298 valence electrons. The quantitative estimate of drug-likeness (QED) is 0.0219. The van der Waals surface area contributed by atoms with Crippen molar-refractivity contribution in [2.24, 2.45) is 0 Å². The van der Waals surface area contributed by atoms with Crippen LogP contribution in [0.15, 0.2) is 0 Å². The molecule has 0 saturated heterocycles. The predicted octanol–water partition coefficient (Wildman–Crippen LogP) is 10.0. The number of rotatable bonds is 38. The fourth-order valence-electron chi connectivity index (χ4n) is 5.73. The van der Waals surface area contributed by atoms with E-state index in [-0.39, 0.29) is 42.7 Å². The summed E-state index contributed by atoms with van der Waals surface area (Å²) >= 11 is 0. The summed E-state index contributed by atoms with van der Waals surface area (Å²) in [6, 6.07) is 0. The normalized spacial score (nSPS) is 13.7. The van der Waals surface area contributed by atoms with Gasteiger partial charge in [-0.3, -0.25) is 9.59 Å². The lowest BCUT2D eigenvalue weighted by atomic mass is 10.0. The fraction of sp³-hybridized carbons (Fsp3) is 0.950. The van der Waals surface area contributed by atoms with Crippen LogP contribution in [-0.2, 0) is 28.1 Å². The molecule has 0 rings (SSSR count). The number of hydrogen-bond donors (Lipinski definition) is 1. The summed E-state index contributed by atoms with van der Waals surface area (Å²) in [6.07, 6.45) is 30.7. The van der Waals surface area contributed by atoms with Crippen molar-refractivity contribution in [3.05, 3.63) is 0 Å². The van der Waals surface area contributed by atoms with Gasteiger partial charge in [-0.25, -0.2) is 0 Å². The maximum absolute atomic E-state index is 12.6. The van der Waals surface area contributed by atoms with Crippen molar-refractivity contribution in [2.75, 3.05) is 41.0 Å². The summed E-state index contributed by atoms with van der Waals surface area (Å²) in [7, 11) is 2.91. The molecule has 0 aliphatic rings. The Kier molecular flexibility index (Phi) is 34.6. The van der Waals surface area contributed by atoms with Crippen LogP contribution in [0.25, 0.3) is 0 Å². The Labute approximate surface area is 309 Å². The summed E-state index contributed by atoms with van der Waals surface area (Å²) < 4.78 is 21.8. The zero-order chi connectivity index (χ0) is 37.1. The lowest BCUT2D eigenvalue weighted by Gasteiger charge is -2.38. The number of unbranched alkanes of at least 4 members (excludes halogenated alkanes) is 24. The molecule has 50 heavy (non-hydrogen) atoms. The Morgan fingerprint density at radius 3 is 1.26 bits per heavy atom. The highest BCUT2D eigenvalue weighted by molar-refractivity contribution is 7.40. The van der Waals surface area contributed by atoms with Crippen LogP contribution in [0, 0.1) is 0 Å². The number of quaternary nitrogens is 1. The molecule has 0 amide bonds. The number of carbonyl (C=O) groups is 2. The van der Waals surface area contributed by atoms with Crippen LogP contribution in [0.4, 0.5) is 0 Å². The fourth-order valence-corrected chi connectivity index (χ4v) is 6.35. The van der Waals surface area contributed by atoms with E-state index in [4.69, 9.17) is 18.5 Å². The number of esters is 2. The Bertz CT molecular complexity index is 766. The van der Waals surface area contributed by atoms with Gasteiger partial charge in [-0.15, -0.1) is 0 Å².